The summed E-state index contributed by atoms with van der Waals surface area (Å²) in [5.41, 5.74) is 7.32. The van der Waals surface area contributed by atoms with Gasteiger partial charge in [-0.25, -0.2) is 0 Å². The first kappa shape index (κ1) is 26.4. The molecule has 0 saturated carbocycles. The zero-order valence-corrected chi connectivity index (χ0v) is 24.3. The molecule has 1 aliphatic carbocycles. The largest absolute Gasteiger partial charge is 0.308 e. The molecule has 0 radical (unpaired) electrons. The zero-order valence-electron chi connectivity index (χ0n) is 22.7. The molecule has 200 valence electrons. The second-order valence-electron chi connectivity index (χ2n) is 10.2. The van der Waals surface area contributed by atoms with E-state index in [1.54, 1.807) is 16.2 Å². The van der Waals surface area contributed by atoms with E-state index in [4.69, 9.17) is 4.99 Å². The Balaban J connectivity index is 1.35. The topological polar surface area (TPSA) is 61.4 Å². The summed E-state index contributed by atoms with van der Waals surface area (Å²) in [7, 11) is 0. The van der Waals surface area contributed by atoms with E-state index >= 15 is 0 Å². The molecule has 1 fully saturated rings. The van der Waals surface area contributed by atoms with Gasteiger partial charge in [-0.2, -0.15) is 5.26 Å². The molecule has 2 aliphatic rings. The predicted octanol–water partition coefficient (Wildman–Crippen LogP) is 7.58. The van der Waals surface area contributed by atoms with Crippen molar-refractivity contribution in [3.05, 3.63) is 116 Å². The molecular formula is C33H30N4OS2. The number of nitriles is 1. The van der Waals surface area contributed by atoms with Crippen LogP contribution in [0.1, 0.15) is 56.9 Å². The van der Waals surface area contributed by atoms with Crippen molar-refractivity contribution in [1.29, 1.82) is 5.26 Å². The van der Waals surface area contributed by atoms with Gasteiger partial charge in [-0.05, 0) is 85.7 Å². The van der Waals surface area contributed by atoms with Crippen molar-refractivity contribution in [2.24, 2.45) is 4.99 Å². The molecule has 1 aliphatic heterocycles. The van der Waals surface area contributed by atoms with Crippen LogP contribution in [-0.4, -0.2) is 20.5 Å². The third kappa shape index (κ3) is 5.05. The number of aryl methyl sites for hydroxylation is 2. The summed E-state index contributed by atoms with van der Waals surface area (Å²) in [5, 5.41) is 11.8. The lowest BCUT2D eigenvalue weighted by atomic mass is 9.96. The minimum absolute atomic E-state index is 0.0326. The molecule has 7 heteroatoms. The molecule has 1 saturated heterocycles. The van der Waals surface area contributed by atoms with Crippen LogP contribution in [-0.2, 0) is 30.7 Å². The molecule has 0 atom stereocenters. The number of carbonyl (C=O) groups is 1. The number of nitrogens with zero attached hydrogens (tertiary/aromatic N) is 4. The Labute approximate surface area is 243 Å². The highest BCUT2D eigenvalue weighted by Gasteiger charge is 2.34. The van der Waals surface area contributed by atoms with E-state index in [2.05, 4.69) is 42.7 Å². The molecule has 0 N–H and O–H groups in total. The van der Waals surface area contributed by atoms with Crippen LogP contribution in [0.25, 0.3) is 11.1 Å². The van der Waals surface area contributed by atoms with Crippen LogP contribution in [0, 0.1) is 25.2 Å². The maximum Gasteiger partial charge on any atom is 0.267 e. The van der Waals surface area contributed by atoms with E-state index in [-0.39, 0.29) is 5.91 Å². The molecule has 6 rings (SSSR count). The minimum atomic E-state index is -0.0326. The van der Waals surface area contributed by atoms with Crippen molar-refractivity contribution in [2.45, 2.75) is 52.6 Å². The zero-order chi connectivity index (χ0) is 27.6. The number of rotatable bonds is 6. The summed E-state index contributed by atoms with van der Waals surface area (Å²) >= 11 is 3.19. The Kier molecular flexibility index (Phi) is 7.46. The Morgan fingerprint density at radius 3 is 2.42 bits per heavy atom. The number of amidine groups is 1. The molecule has 3 heterocycles. The summed E-state index contributed by atoms with van der Waals surface area (Å²) < 4.78 is 2.20. The van der Waals surface area contributed by atoms with Crippen molar-refractivity contribution >= 4 is 40.2 Å². The number of benzene rings is 2. The number of thioether (sulfide) groups is 1. The molecule has 0 spiro atoms. The van der Waals surface area contributed by atoms with Crippen molar-refractivity contribution in [1.82, 2.24) is 9.47 Å². The van der Waals surface area contributed by atoms with E-state index in [1.807, 2.05) is 54.6 Å². The van der Waals surface area contributed by atoms with Crippen molar-refractivity contribution in [3.8, 4) is 11.1 Å². The van der Waals surface area contributed by atoms with Gasteiger partial charge >= 0.3 is 0 Å². The molecule has 0 unspecified atom stereocenters. The normalized spacial score (nSPS) is 17.0. The minimum Gasteiger partial charge on any atom is -0.308 e. The van der Waals surface area contributed by atoms with Crippen LogP contribution in [0.15, 0.2) is 76.6 Å². The summed E-state index contributed by atoms with van der Waals surface area (Å²) in [4.78, 5) is 22.4. The lowest BCUT2D eigenvalue weighted by Crippen LogP contribution is -2.28. The van der Waals surface area contributed by atoms with Crippen LogP contribution < -0.4 is 0 Å². The van der Waals surface area contributed by atoms with E-state index in [0.29, 0.717) is 18.0 Å². The summed E-state index contributed by atoms with van der Waals surface area (Å²) in [5.74, 6) is -0.0326. The quantitative estimate of drug-likeness (QED) is 0.228. The highest BCUT2D eigenvalue weighted by atomic mass is 32.2. The van der Waals surface area contributed by atoms with Crippen molar-refractivity contribution in [3.63, 3.8) is 0 Å². The third-order valence-corrected chi connectivity index (χ3v) is 9.86. The fourth-order valence-corrected chi connectivity index (χ4v) is 7.90. The smallest absolute Gasteiger partial charge is 0.267 e. The highest BCUT2D eigenvalue weighted by Crippen LogP contribution is 2.39. The van der Waals surface area contributed by atoms with Gasteiger partial charge in [0.05, 0.1) is 23.6 Å². The Hall–Kier alpha value is -3.86. The van der Waals surface area contributed by atoms with Gasteiger partial charge in [-0.15, -0.1) is 11.3 Å². The molecule has 1 amide bonds. The summed E-state index contributed by atoms with van der Waals surface area (Å²) in [6.45, 7) is 5.15. The summed E-state index contributed by atoms with van der Waals surface area (Å²) in [6, 6.07) is 24.8. The standard InChI is InChI=1S/C33H30N4OS2/c1-22-17-26(23(2)37(22)32-28(19-34)27-15-9-10-16-29(27)39-32)18-30-31(38)36(21-25-13-7-4-8-14-25)33(40-30)35-20-24-11-5-3-6-12-24/h3-8,11-14,17-18H,9-10,15-16,20-21H2,1-2H3/b30-18+,35-33?. The Morgan fingerprint density at radius 1 is 1.00 bits per heavy atom. The lowest BCUT2D eigenvalue weighted by molar-refractivity contribution is -0.122. The van der Waals surface area contributed by atoms with Crippen LogP contribution in [0.4, 0.5) is 0 Å². The first-order chi connectivity index (χ1) is 19.5. The van der Waals surface area contributed by atoms with E-state index < -0.39 is 0 Å². The summed E-state index contributed by atoms with van der Waals surface area (Å²) in [6.07, 6.45) is 6.36. The molecule has 2 aromatic carbocycles. The average molecular weight is 563 g/mol. The van der Waals surface area contributed by atoms with Gasteiger partial charge in [0.15, 0.2) is 5.17 Å². The van der Waals surface area contributed by atoms with Gasteiger partial charge in [0.25, 0.3) is 5.91 Å². The van der Waals surface area contributed by atoms with Gasteiger partial charge in [0, 0.05) is 16.3 Å². The number of thiophene rings is 1. The van der Waals surface area contributed by atoms with Crippen LogP contribution in [0.2, 0.25) is 0 Å². The molecule has 0 bridgehead atoms. The van der Waals surface area contributed by atoms with Crippen molar-refractivity contribution in [2.75, 3.05) is 0 Å². The molecule has 40 heavy (non-hydrogen) atoms. The van der Waals surface area contributed by atoms with Crippen LogP contribution in [0.5, 0.6) is 0 Å². The van der Waals surface area contributed by atoms with Gasteiger partial charge in [-0.1, -0.05) is 60.7 Å². The average Bonchev–Trinajstić information content (AvgIpc) is 3.59. The number of aliphatic imine (C=N–C) groups is 1. The van der Waals surface area contributed by atoms with Gasteiger partial charge in [-0.3, -0.25) is 14.7 Å². The number of hydrogen-bond donors (Lipinski definition) is 0. The van der Waals surface area contributed by atoms with Gasteiger partial charge in [0.1, 0.15) is 11.1 Å². The maximum atomic E-state index is 13.8. The third-order valence-electron chi connectivity index (χ3n) is 7.54. The van der Waals surface area contributed by atoms with Gasteiger partial charge in [0.2, 0.25) is 0 Å². The predicted molar refractivity (Wildman–Crippen MR) is 165 cm³/mol. The number of aromatic nitrogens is 1. The van der Waals surface area contributed by atoms with E-state index in [9.17, 15) is 10.1 Å². The molecule has 2 aromatic heterocycles. The second kappa shape index (κ2) is 11.3. The number of amides is 1. The van der Waals surface area contributed by atoms with E-state index in [1.165, 1.54) is 28.6 Å². The molecule has 5 nitrogen and oxygen atoms in total. The van der Waals surface area contributed by atoms with Crippen LogP contribution in [0.3, 0.4) is 0 Å². The fourth-order valence-electron chi connectivity index (χ4n) is 5.49. The molecule has 4 aromatic rings. The van der Waals surface area contributed by atoms with E-state index in [0.717, 1.165) is 63.1 Å². The Morgan fingerprint density at radius 2 is 1.70 bits per heavy atom. The number of fused-ring (bicyclic) bond motifs is 1. The van der Waals surface area contributed by atoms with Gasteiger partial charge < -0.3 is 4.57 Å². The number of hydrogen-bond acceptors (Lipinski definition) is 5. The first-order valence-corrected chi connectivity index (χ1v) is 15.2. The lowest BCUT2D eigenvalue weighted by Gasteiger charge is -2.15. The first-order valence-electron chi connectivity index (χ1n) is 13.6. The highest BCUT2D eigenvalue weighted by molar-refractivity contribution is 8.18. The maximum absolute atomic E-state index is 13.8. The molecular weight excluding hydrogens is 533 g/mol. The van der Waals surface area contributed by atoms with Crippen LogP contribution >= 0.6 is 23.1 Å². The monoisotopic (exact) mass is 562 g/mol. The number of carbonyl (C=O) groups excluding carboxylic acids is 1. The Bertz CT molecular complexity index is 1670. The van der Waals surface area contributed by atoms with Crippen molar-refractivity contribution < 1.29 is 4.79 Å². The SMILES string of the molecule is Cc1cc(/C=C2/SC(=NCc3ccccc3)N(Cc3ccccc3)C2=O)c(C)n1-c1sc2c(c1C#N)CCCC2. The second-order valence-corrected chi connectivity index (χ2v) is 12.3. The fraction of sp³-hybridized carbons (Fsp3) is 0.242.